The monoisotopic (exact) mass is 1000 g/mol. The zero-order chi connectivity index (χ0) is 50.5. The van der Waals surface area contributed by atoms with E-state index in [9.17, 15) is 38.2 Å². The van der Waals surface area contributed by atoms with Gasteiger partial charge in [-0.1, -0.05) is 270 Å². The van der Waals surface area contributed by atoms with Gasteiger partial charge in [0.05, 0.1) is 25.4 Å². The van der Waals surface area contributed by atoms with Crippen LogP contribution in [0.2, 0.25) is 0 Å². The van der Waals surface area contributed by atoms with Gasteiger partial charge in [0.1, 0.15) is 24.4 Å². The number of carbonyl (C=O) groups is 1. The highest BCUT2D eigenvalue weighted by Gasteiger charge is 2.48. The van der Waals surface area contributed by atoms with Crippen LogP contribution in [0.3, 0.4) is 0 Å². The fourth-order valence-corrected chi connectivity index (χ4v) is 10.1. The molecule has 1 amide bonds. The minimum atomic E-state index is -5.09. The molecule has 0 aromatic carbocycles. The molecule has 1 fully saturated rings. The van der Waals surface area contributed by atoms with Crippen molar-refractivity contribution in [1.29, 1.82) is 0 Å². The van der Waals surface area contributed by atoms with Gasteiger partial charge in [0.2, 0.25) is 5.91 Å². The molecule has 1 aliphatic rings. The molecule has 0 aromatic rings. The van der Waals surface area contributed by atoms with E-state index in [4.69, 9.17) is 9.47 Å². The van der Waals surface area contributed by atoms with Gasteiger partial charge < -0.3 is 35.2 Å². The largest absolute Gasteiger partial charge is 0.397 e. The van der Waals surface area contributed by atoms with E-state index < -0.39 is 59.9 Å². The maximum atomic E-state index is 13.1. The summed E-state index contributed by atoms with van der Waals surface area (Å²) in [6.45, 7) is 3.44. The molecule has 12 nitrogen and oxygen atoms in total. The number of allylic oxidation sites excluding steroid dienone is 1. The lowest BCUT2D eigenvalue weighted by atomic mass is 9.99. The second-order valence-electron chi connectivity index (χ2n) is 20.6. The number of aliphatic hydroxyl groups excluding tert-OH is 4. The number of aliphatic hydroxyl groups is 4. The Bertz CT molecular complexity index is 1270. The van der Waals surface area contributed by atoms with E-state index >= 15 is 0 Å². The Kier molecular flexibility index (Phi) is 44.5. The highest BCUT2D eigenvalue weighted by atomic mass is 32.3. The molecular weight excluding hydrogens is 895 g/mol. The van der Waals surface area contributed by atoms with Crippen LogP contribution in [0.5, 0.6) is 0 Å². The molecule has 410 valence electrons. The van der Waals surface area contributed by atoms with E-state index in [0.29, 0.717) is 6.42 Å². The summed E-state index contributed by atoms with van der Waals surface area (Å²) in [5.74, 6) is -0.256. The van der Waals surface area contributed by atoms with E-state index in [1.807, 2.05) is 6.08 Å². The van der Waals surface area contributed by atoms with Gasteiger partial charge in [-0.05, 0) is 19.3 Å². The first-order valence-electron chi connectivity index (χ1n) is 29.1. The summed E-state index contributed by atoms with van der Waals surface area (Å²) in [6.07, 6.45) is 46.9. The number of ether oxygens (including phenoxy) is 2. The van der Waals surface area contributed by atoms with Crippen LogP contribution in [0.4, 0.5) is 0 Å². The molecule has 0 aromatic heterocycles. The summed E-state index contributed by atoms with van der Waals surface area (Å²) >= 11 is 0. The molecule has 0 radical (unpaired) electrons. The van der Waals surface area contributed by atoms with Crippen LogP contribution < -0.4 is 5.32 Å². The van der Waals surface area contributed by atoms with Crippen LogP contribution in [-0.4, -0.2) is 95.4 Å². The first-order valence-corrected chi connectivity index (χ1v) is 30.4. The van der Waals surface area contributed by atoms with Crippen LogP contribution in [0, 0.1) is 0 Å². The van der Waals surface area contributed by atoms with Crippen molar-refractivity contribution in [3.8, 4) is 0 Å². The van der Waals surface area contributed by atoms with Gasteiger partial charge in [0, 0.05) is 6.42 Å². The van der Waals surface area contributed by atoms with Gasteiger partial charge in [-0.15, -0.1) is 0 Å². The number of rotatable bonds is 51. The predicted octanol–water partition coefficient (Wildman–Crippen LogP) is 13.5. The lowest BCUT2D eigenvalue weighted by Crippen LogP contribution is -2.61. The van der Waals surface area contributed by atoms with E-state index in [1.165, 1.54) is 218 Å². The van der Waals surface area contributed by atoms with Crippen molar-refractivity contribution in [2.75, 3.05) is 13.2 Å². The van der Waals surface area contributed by atoms with Crippen molar-refractivity contribution in [1.82, 2.24) is 5.32 Å². The molecule has 1 heterocycles. The van der Waals surface area contributed by atoms with Crippen LogP contribution in [-0.2, 0) is 28.9 Å². The van der Waals surface area contributed by atoms with Gasteiger partial charge >= 0.3 is 10.4 Å². The molecule has 13 heteroatoms. The van der Waals surface area contributed by atoms with Crippen molar-refractivity contribution in [2.45, 2.75) is 326 Å². The highest BCUT2D eigenvalue weighted by Crippen LogP contribution is 2.26. The van der Waals surface area contributed by atoms with Crippen LogP contribution in [0.15, 0.2) is 12.2 Å². The zero-order valence-electron chi connectivity index (χ0n) is 44.4. The fraction of sp³-hybridized carbons (Fsp3) is 0.946. The molecule has 1 saturated heterocycles. The van der Waals surface area contributed by atoms with Crippen molar-refractivity contribution >= 4 is 16.3 Å². The minimum absolute atomic E-state index is 0.256. The zero-order valence-corrected chi connectivity index (χ0v) is 45.2. The molecular formula is C56H109NO11S. The second-order valence-corrected chi connectivity index (χ2v) is 21.6. The molecule has 1 rings (SSSR count). The SMILES string of the molecule is CCCCCCCCCCCCCCCCC/C=C/C(O)C(COC1OC(CO)C(O)C(OS(=O)(=O)O)C1O)NC(=O)CCCCCCCCCCCCCCCCCCCCCCCCCCC. The topological polar surface area (TPSA) is 192 Å². The Morgan fingerprint density at radius 3 is 1.26 bits per heavy atom. The van der Waals surface area contributed by atoms with E-state index in [1.54, 1.807) is 6.08 Å². The first kappa shape index (κ1) is 65.9. The van der Waals surface area contributed by atoms with Gasteiger partial charge in [-0.25, -0.2) is 4.18 Å². The third kappa shape index (κ3) is 39.0. The quantitative estimate of drug-likeness (QED) is 0.0193. The lowest BCUT2D eigenvalue weighted by molar-refractivity contribution is -0.298. The summed E-state index contributed by atoms with van der Waals surface area (Å²) in [5, 5.41) is 44.9. The molecule has 6 N–H and O–H groups in total. The number of amides is 1. The molecule has 1 aliphatic heterocycles. The fourth-order valence-electron chi connectivity index (χ4n) is 9.58. The van der Waals surface area contributed by atoms with Crippen molar-refractivity contribution in [3.63, 3.8) is 0 Å². The van der Waals surface area contributed by atoms with Gasteiger partial charge in [-0.3, -0.25) is 9.35 Å². The van der Waals surface area contributed by atoms with Crippen LogP contribution in [0.1, 0.15) is 284 Å². The van der Waals surface area contributed by atoms with Crippen molar-refractivity contribution < 1.29 is 51.8 Å². The molecule has 0 aliphatic carbocycles. The summed E-state index contributed by atoms with van der Waals surface area (Å²) < 4.78 is 47.8. The Morgan fingerprint density at radius 2 is 0.913 bits per heavy atom. The molecule has 69 heavy (non-hydrogen) atoms. The third-order valence-electron chi connectivity index (χ3n) is 14.1. The Labute approximate surface area is 423 Å². The summed E-state index contributed by atoms with van der Waals surface area (Å²) in [4.78, 5) is 13.1. The molecule has 0 bridgehead atoms. The average molecular weight is 1000 g/mol. The highest BCUT2D eigenvalue weighted by molar-refractivity contribution is 7.80. The number of hydrogen-bond acceptors (Lipinski definition) is 10. The van der Waals surface area contributed by atoms with Gasteiger partial charge in [-0.2, -0.15) is 8.42 Å². The number of unbranched alkanes of at least 4 members (excludes halogenated alkanes) is 39. The summed E-state index contributed by atoms with van der Waals surface area (Å²) in [5.41, 5.74) is 0. The van der Waals surface area contributed by atoms with E-state index in [-0.39, 0.29) is 18.9 Å². The standard InChI is InChI=1S/C56H109NO11S/c1-3-5-7-9-11-13-15-17-19-21-22-23-24-25-26-27-28-30-32-34-36-38-40-42-44-46-52(60)57-49(48-66-56-54(62)55(68-69(63,64)65)53(61)51(47-58)67-56)50(59)45-43-41-39-37-35-33-31-29-20-18-16-14-12-10-8-6-4-2/h43,45,49-51,53-56,58-59,61-62H,3-42,44,46-48H2,1-2H3,(H,57,60)(H,63,64,65)/b45-43+. The lowest BCUT2D eigenvalue weighted by Gasteiger charge is -2.41. The normalized spacial score (nSPS) is 19.7. The Hall–Kier alpha value is -1.16. The van der Waals surface area contributed by atoms with Crippen LogP contribution >= 0.6 is 0 Å². The average Bonchev–Trinajstić information content (AvgIpc) is 3.32. The summed E-state index contributed by atoms with van der Waals surface area (Å²) in [6, 6.07) is -0.940. The Morgan fingerprint density at radius 1 is 0.565 bits per heavy atom. The minimum Gasteiger partial charge on any atom is -0.394 e. The van der Waals surface area contributed by atoms with Gasteiger partial charge in [0.15, 0.2) is 6.29 Å². The Balaban J connectivity index is 2.34. The second kappa shape index (κ2) is 46.6. The first-order chi connectivity index (χ1) is 33.5. The number of carbonyl (C=O) groups excluding carboxylic acids is 1. The van der Waals surface area contributed by atoms with Crippen molar-refractivity contribution in [3.05, 3.63) is 12.2 Å². The van der Waals surface area contributed by atoms with E-state index in [2.05, 4.69) is 23.3 Å². The summed E-state index contributed by atoms with van der Waals surface area (Å²) in [7, 11) is -5.09. The maximum absolute atomic E-state index is 13.1. The van der Waals surface area contributed by atoms with Crippen LogP contribution in [0.25, 0.3) is 0 Å². The number of hydrogen-bond donors (Lipinski definition) is 6. The van der Waals surface area contributed by atoms with Gasteiger partial charge in [0.25, 0.3) is 0 Å². The molecule has 7 unspecified atom stereocenters. The molecule has 0 saturated carbocycles. The molecule has 0 spiro atoms. The van der Waals surface area contributed by atoms with E-state index in [0.717, 1.165) is 38.5 Å². The number of nitrogens with one attached hydrogen (secondary N) is 1. The smallest absolute Gasteiger partial charge is 0.394 e. The maximum Gasteiger partial charge on any atom is 0.397 e. The predicted molar refractivity (Wildman–Crippen MR) is 282 cm³/mol. The molecule has 7 atom stereocenters. The van der Waals surface area contributed by atoms with Crippen molar-refractivity contribution in [2.24, 2.45) is 0 Å². The third-order valence-corrected chi connectivity index (χ3v) is 14.5.